The molecule has 8 heteroatoms. The first-order valence-corrected chi connectivity index (χ1v) is 12.2. The van der Waals surface area contributed by atoms with Crippen LogP contribution in [0.1, 0.15) is 30.4 Å². The number of hydrogen-bond donors (Lipinski definition) is 2. The SMILES string of the molecule is O=C(CSc1ccc2c(c1)CCC2)Nc1cc(S(=O)(=O)N2CCCC2)ccc1O. The molecule has 1 aliphatic carbocycles. The number of phenols is 1. The number of carbonyl (C=O) groups is 1. The smallest absolute Gasteiger partial charge is 0.243 e. The molecule has 29 heavy (non-hydrogen) atoms. The number of aromatic hydroxyl groups is 1. The Labute approximate surface area is 175 Å². The number of thioether (sulfide) groups is 1. The molecule has 0 saturated carbocycles. The molecule has 0 aromatic heterocycles. The van der Waals surface area contributed by atoms with Crippen molar-refractivity contribution in [2.75, 3.05) is 24.2 Å². The van der Waals surface area contributed by atoms with Gasteiger partial charge in [0.1, 0.15) is 5.75 Å². The lowest BCUT2D eigenvalue weighted by molar-refractivity contribution is -0.113. The van der Waals surface area contributed by atoms with Gasteiger partial charge >= 0.3 is 0 Å². The molecule has 2 aliphatic rings. The number of carbonyl (C=O) groups excluding carboxylic acids is 1. The van der Waals surface area contributed by atoms with Gasteiger partial charge in [-0.1, -0.05) is 6.07 Å². The van der Waals surface area contributed by atoms with Crippen molar-refractivity contribution < 1.29 is 18.3 Å². The molecule has 0 bridgehead atoms. The molecule has 1 fully saturated rings. The van der Waals surface area contributed by atoms with E-state index in [1.54, 1.807) is 0 Å². The molecule has 0 radical (unpaired) electrons. The number of fused-ring (bicyclic) bond motifs is 1. The number of hydrogen-bond acceptors (Lipinski definition) is 5. The Morgan fingerprint density at radius 2 is 1.79 bits per heavy atom. The minimum absolute atomic E-state index is 0.0822. The predicted octanol–water partition coefficient (Wildman–Crippen LogP) is 3.40. The van der Waals surface area contributed by atoms with Crippen LogP contribution in [-0.4, -0.2) is 42.6 Å². The van der Waals surface area contributed by atoms with Crippen LogP contribution in [-0.2, 0) is 27.7 Å². The molecule has 1 aliphatic heterocycles. The van der Waals surface area contributed by atoms with Gasteiger partial charge < -0.3 is 10.4 Å². The van der Waals surface area contributed by atoms with Crippen molar-refractivity contribution in [3.05, 3.63) is 47.5 Å². The fraction of sp³-hybridized carbons (Fsp3) is 0.381. The maximum atomic E-state index is 12.7. The summed E-state index contributed by atoms with van der Waals surface area (Å²) in [6.45, 7) is 1.00. The Hall–Kier alpha value is -2.03. The third-order valence-electron chi connectivity index (χ3n) is 5.38. The van der Waals surface area contributed by atoms with E-state index in [9.17, 15) is 18.3 Å². The van der Waals surface area contributed by atoms with Gasteiger partial charge in [-0.3, -0.25) is 4.79 Å². The van der Waals surface area contributed by atoms with Gasteiger partial charge in [0.05, 0.1) is 16.3 Å². The van der Waals surface area contributed by atoms with Crippen molar-refractivity contribution in [3.63, 3.8) is 0 Å². The van der Waals surface area contributed by atoms with E-state index in [4.69, 9.17) is 0 Å². The Morgan fingerprint density at radius 1 is 1.03 bits per heavy atom. The molecule has 2 aromatic carbocycles. The zero-order valence-corrected chi connectivity index (χ0v) is 17.7. The normalized spacial score (nSPS) is 16.7. The lowest BCUT2D eigenvalue weighted by Gasteiger charge is -2.16. The number of rotatable bonds is 6. The third-order valence-corrected chi connectivity index (χ3v) is 8.27. The fourth-order valence-corrected chi connectivity index (χ4v) is 6.13. The minimum atomic E-state index is -3.61. The predicted molar refractivity (Wildman–Crippen MR) is 114 cm³/mol. The first-order valence-electron chi connectivity index (χ1n) is 9.81. The van der Waals surface area contributed by atoms with Crippen molar-refractivity contribution >= 4 is 33.4 Å². The van der Waals surface area contributed by atoms with Crippen molar-refractivity contribution in [1.82, 2.24) is 4.31 Å². The molecule has 1 amide bonds. The Morgan fingerprint density at radius 3 is 2.59 bits per heavy atom. The molecule has 2 aromatic rings. The molecular formula is C21H24N2O4S2. The largest absolute Gasteiger partial charge is 0.506 e. The zero-order chi connectivity index (χ0) is 20.4. The van der Waals surface area contributed by atoms with Gasteiger partial charge in [0.2, 0.25) is 15.9 Å². The minimum Gasteiger partial charge on any atom is -0.506 e. The van der Waals surface area contributed by atoms with Gasteiger partial charge in [-0.15, -0.1) is 11.8 Å². The van der Waals surface area contributed by atoms with Crippen LogP contribution in [0.15, 0.2) is 46.2 Å². The van der Waals surface area contributed by atoms with E-state index in [0.29, 0.717) is 13.1 Å². The zero-order valence-electron chi connectivity index (χ0n) is 16.1. The number of sulfonamides is 1. The van der Waals surface area contributed by atoms with Gasteiger partial charge in [-0.25, -0.2) is 8.42 Å². The average molecular weight is 433 g/mol. The van der Waals surface area contributed by atoms with E-state index in [1.165, 1.54) is 51.8 Å². The van der Waals surface area contributed by atoms with Crippen LogP contribution < -0.4 is 5.32 Å². The molecule has 6 nitrogen and oxygen atoms in total. The van der Waals surface area contributed by atoms with Gasteiger partial charge in [-0.05, 0) is 73.6 Å². The second kappa shape index (κ2) is 8.38. The summed E-state index contributed by atoms with van der Waals surface area (Å²) >= 11 is 1.43. The molecule has 154 valence electrons. The number of aryl methyl sites for hydroxylation is 2. The summed E-state index contributed by atoms with van der Waals surface area (Å²) in [6, 6.07) is 10.3. The summed E-state index contributed by atoms with van der Waals surface area (Å²) in [6.07, 6.45) is 5.08. The van der Waals surface area contributed by atoms with E-state index in [-0.39, 0.29) is 28.0 Å². The summed E-state index contributed by atoms with van der Waals surface area (Å²) in [4.78, 5) is 13.5. The standard InChI is InChI=1S/C21H24N2O4S2/c24-20-9-8-18(29(26,27)23-10-1-2-11-23)13-19(20)22-21(25)14-28-17-7-6-15-4-3-5-16(15)12-17/h6-9,12-13,24H,1-5,10-11,14H2,(H,22,25). The maximum absolute atomic E-state index is 12.7. The van der Waals surface area contributed by atoms with E-state index in [2.05, 4.69) is 17.4 Å². The number of phenolic OH excluding ortho intramolecular Hbond substituents is 1. The topological polar surface area (TPSA) is 86.7 Å². The Bertz CT molecular complexity index is 1030. The highest BCUT2D eigenvalue weighted by Gasteiger charge is 2.28. The molecule has 1 saturated heterocycles. The highest BCUT2D eigenvalue weighted by Crippen LogP contribution is 2.30. The summed E-state index contributed by atoms with van der Waals surface area (Å²) in [5.74, 6) is -0.260. The fourth-order valence-electron chi connectivity index (χ4n) is 3.83. The maximum Gasteiger partial charge on any atom is 0.243 e. The number of nitrogens with zero attached hydrogens (tertiary/aromatic N) is 1. The van der Waals surface area contributed by atoms with Gasteiger partial charge in [0.15, 0.2) is 0 Å². The van der Waals surface area contributed by atoms with Gasteiger partial charge in [0, 0.05) is 18.0 Å². The molecule has 2 N–H and O–H groups in total. The molecule has 0 atom stereocenters. The third kappa shape index (κ3) is 4.44. The number of amides is 1. The summed E-state index contributed by atoms with van der Waals surface area (Å²) in [5, 5.41) is 12.7. The average Bonchev–Trinajstić information content (AvgIpc) is 3.39. The molecular weight excluding hydrogens is 408 g/mol. The monoisotopic (exact) mass is 432 g/mol. The summed E-state index contributed by atoms with van der Waals surface area (Å²) in [7, 11) is -3.61. The van der Waals surface area contributed by atoms with Crippen molar-refractivity contribution in [2.24, 2.45) is 0 Å². The van der Waals surface area contributed by atoms with Crippen LogP contribution in [0.3, 0.4) is 0 Å². The van der Waals surface area contributed by atoms with E-state index in [1.807, 2.05) is 6.07 Å². The Balaban J connectivity index is 1.42. The van der Waals surface area contributed by atoms with Crippen molar-refractivity contribution in [3.8, 4) is 5.75 Å². The van der Waals surface area contributed by atoms with Gasteiger partial charge in [0.25, 0.3) is 0 Å². The highest BCUT2D eigenvalue weighted by atomic mass is 32.2. The van der Waals surface area contributed by atoms with Crippen molar-refractivity contribution in [1.29, 1.82) is 0 Å². The van der Waals surface area contributed by atoms with E-state index < -0.39 is 10.0 Å². The van der Waals surface area contributed by atoms with Crippen LogP contribution in [0.2, 0.25) is 0 Å². The van der Waals surface area contributed by atoms with Crippen LogP contribution in [0.5, 0.6) is 5.75 Å². The lowest BCUT2D eigenvalue weighted by Crippen LogP contribution is -2.28. The second-order valence-corrected chi connectivity index (χ2v) is 10.4. The number of anilines is 1. The first kappa shape index (κ1) is 20.3. The highest BCUT2D eigenvalue weighted by molar-refractivity contribution is 8.00. The van der Waals surface area contributed by atoms with E-state index in [0.717, 1.165) is 30.6 Å². The second-order valence-electron chi connectivity index (χ2n) is 7.41. The van der Waals surface area contributed by atoms with Crippen molar-refractivity contribution in [2.45, 2.75) is 41.9 Å². The summed E-state index contributed by atoms with van der Waals surface area (Å²) < 4.78 is 26.9. The van der Waals surface area contributed by atoms with Gasteiger partial charge in [-0.2, -0.15) is 4.31 Å². The number of nitrogens with one attached hydrogen (secondary N) is 1. The summed E-state index contributed by atoms with van der Waals surface area (Å²) in [5.41, 5.74) is 2.86. The molecule has 0 unspecified atom stereocenters. The van der Waals surface area contributed by atoms with Crippen LogP contribution in [0, 0.1) is 0 Å². The Kier molecular flexibility index (Phi) is 5.85. The first-order chi connectivity index (χ1) is 13.9. The number of benzene rings is 2. The molecule has 0 spiro atoms. The van der Waals surface area contributed by atoms with Crippen LogP contribution >= 0.6 is 11.8 Å². The molecule has 1 heterocycles. The van der Waals surface area contributed by atoms with E-state index >= 15 is 0 Å². The van der Waals surface area contributed by atoms with Crippen LogP contribution in [0.4, 0.5) is 5.69 Å². The lowest BCUT2D eigenvalue weighted by atomic mass is 10.1. The van der Waals surface area contributed by atoms with Crippen LogP contribution in [0.25, 0.3) is 0 Å². The molecule has 4 rings (SSSR count). The quantitative estimate of drug-likeness (QED) is 0.540.